The van der Waals surface area contributed by atoms with Crippen molar-refractivity contribution in [1.29, 1.82) is 0 Å². The first-order valence-electron chi connectivity index (χ1n) is 21.9. The van der Waals surface area contributed by atoms with Gasteiger partial charge in [0.15, 0.2) is 0 Å². The van der Waals surface area contributed by atoms with Crippen LogP contribution in [-0.2, 0) is 50.1 Å². The van der Waals surface area contributed by atoms with E-state index >= 15 is 4.79 Å². The van der Waals surface area contributed by atoms with Crippen molar-refractivity contribution in [2.45, 2.75) is 59.5 Å². The van der Waals surface area contributed by atoms with Crippen molar-refractivity contribution in [3.8, 4) is 34.3 Å². The summed E-state index contributed by atoms with van der Waals surface area (Å²) in [5, 5.41) is 2.23. The first-order chi connectivity index (χ1) is 31.8. The van der Waals surface area contributed by atoms with Crippen molar-refractivity contribution in [3.63, 3.8) is 0 Å². The number of benzene rings is 5. The molecule has 2 heterocycles. The number of aromatic nitrogens is 1. The maximum Gasteiger partial charge on any atom is 0.410 e. The van der Waals surface area contributed by atoms with Gasteiger partial charge in [0, 0.05) is 41.2 Å². The third kappa shape index (κ3) is 11.0. The molecule has 13 heteroatoms. The van der Waals surface area contributed by atoms with Crippen LogP contribution >= 0.6 is 0 Å². The van der Waals surface area contributed by atoms with E-state index in [0.29, 0.717) is 28.6 Å². The summed E-state index contributed by atoms with van der Waals surface area (Å²) in [5.74, 6) is 0.0323. The predicted octanol–water partition coefficient (Wildman–Crippen LogP) is 9.63. The zero-order chi connectivity index (χ0) is 46.8. The standard InChI is InChI=1S/C53H57N3O10/c1-8-63-50(58)53(30-36-18-25-42(26-19-36)64-34-40-28-47(38-14-10-9-11-15-38)54-46-17-13-12-16-44(40)46)35-55(51(59)66-52(2,3)4)32-45(53)49(57)56(65-33-37-20-23-41(60-5)24-21-37)31-39-22-27-43(61-6)29-48(39)62-7/h9-29,45H,8,30-35H2,1-7H3/t45-,53+/m1/s1. The molecule has 0 unspecified atom stereocenters. The molecule has 0 spiro atoms. The Kier molecular flexibility index (Phi) is 14.8. The van der Waals surface area contributed by atoms with Crippen LogP contribution in [0.3, 0.4) is 0 Å². The minimum Gasteiger partial charge on any atom is -0.497 e. The molecule has 5 aromatic carbocycles. The highest BCUT2D eigenvalue weighted by atomic mass is 16.7. The van der Waals surface area contributed by atoms with Crippen molar-refractivity contribution in [2.24, 2.45) is 11.3 Å². The first-order valence-corrected chi connectivity index (χ1v) is 21.9. The number of fused-ring (bicyclic) bond motifs is 1. The number of likely N-dealkylation sites (tertiary alicyclic amines) is 1. The summed E-state index contributed by atoms with van der Waals surface area (Å²) in [7, 11) is 4.67. The second-order valence-electron chi connectivity index (χ2n) is 17.1. The lowest BCUT2D eigenvalue weighted by Crippen LogP contribution is -2.49. The molecule has 1 aliphatic heterocycles. The highest BCUT2D eigenvalue weighted by Crippen LogP contribution is 2.43. The van der Waals surface area contributed by atoms with Crippen molar-refractivity contribution < 1.29 is 47.6 Å². The molecule has 0 bridgehead atoms. The average Bonchev–Trinajstić information content (AvgIpc) is 3.72. The lowest BCUT2D eigenvalue weighted by molar-refractivity contribution is -0.204. The van der Waals surface area contributed by atoms with Crippen LogP contribution < -0.4 is 18.9 Å². The number of carbonyl (C=O) groups is 3. The number of carbonyl (C=O) groups excluding carboxylic acids is 3. The van der Waals surface area contributed by atoms with Gasteiger partial charge in [0.25, 0.3) is 5.91 Å². The van der Waals surface area contributed by atoms with Crippen LogP contribution in [0.1, 0.15) is 49.9 Å². The molecular weight excluding hydrogens is 839 g/mol. The summed E-state index contributed by atoms with van der Waals surface area (Å²) in [4.78, 5) is 56.5. The summed E-state index contributed by atoms with van der Waals surface area (Å²) in [6.45, 7) is 7.01. The topological polar surface area (TPSA) is 135 Å². The van der Waals surface area contributed by atoms with Gasteiger partial charge < -0.3 is 33.3 Å². The summed E-state index contributed by atoms with van der Waals surface area (Å²) in [6, 6.07) is 40.0. The Bertz CT molecular complexity index is 2610. The molecule has 1 aromatic heterocycles. The van der Waals surface area contributed by atoms with E-state index in [1.165, 1.54) is 17.1 Å². The molecular formula is C53H57N3O10. The molecule has 1 fully saturated rings. The van der Waals surface area contributed by atoms with Crippen LogP contribution in [0.25, 0.3) is 22.2 Å². The molecule has 2 atom stereocenters. The van der Waals surface area contributed by atoms with Crippen molar-refractivity contribution in [3.05, 3.63) is 150 Å². The number of methoxy groups -OCH3 is 3. The van der Waals surface area contributed by atoms with Gasteiger partial charge in [0.05, 0.1) is 51.6 Å². The molecule has 344 valence electrons. The normalized spacial score (nSPS) is 15.8. The molecule has 1 aliphatic rings. The Balaban J connectivity index is 1.21. The number of hydroxylamine groups is 2. The number of hydrogen-bond acceptors (Lipinski definition) is 11. The average molecular weight is 896 g/mol. The minimum atomic E-state index is -1.55. The lowest BCUT2D eigenvalue weighted by Gasteiger charge is -2.34. The minimum absolute atomic E-state index is 0.00737. The lowest BCUT2D eigenvalue weighted by atomic mass is 9.72. The second-order valence-corrected chi connectivity index (χ2v) is 17.1. The number of esters is 1. The van der Waals surface area contributed by atoms with Gasteiger partial charge in [-0.2, -0.15) is 0 Å². The van der Waals surface area contributed by atoms with E-state index in [9.17, 15) is 9.59 Å². The monoisotopic (exact) mass is 895 g/mol. The molecule has 0 aliphatic carbocycles. The Morgan fingerprint density at radius 3 is 2.09 bits per heavy atom. The van der Waals surface area contributed by atoms with Gasteiger partial charge in [0.2, 0.25) is 0 Å². The molecule has 0 radical (unpaired) electrons. The first kappa shape index (κ1) is 46.9. The molecule has 2 amide bonds. The van der Waals surface area contributed by atoms with Crippen LogP contribution in [0.4, 0.5) is 4.79 Å². The molecule has 1 saturated heterocycles. The Morgan fingerprint density at radius 1 is 0.742 bits per heavy atom. The van der Waals surface area contributed by atoms with Crippen LogP contribution in [0.15, 0.2) is 127 Å². The van der Waals surface area contributed by atoms with E-state index in [0.717, 1.165) is 38.9 Å². The van der Waals surface area contributed by atoms with Gasteiger partial charge in [-0.25, -0.2) is 14.8 Å². The molecule has 6 aromatic rings. The van der Waals surface area contributed by atoms with Crippen molar-refractivity contribution in [2.75, 3.05) is 41.0 Å². The second kappa shape index (κ2) is 20.8. The SMILES string of the molecule is CCOC(=O)[C@@]1(Cc2ccc(OCc3cc(-c4ccccc4)nc4ccccc34)cc2)CN(C(=O)OC(C)(C)C)C[C@@H]1C(=O)N(Cc1ccc(OC)cc1OC)OCc1ccc(OC)cc1. The van der Waals surface area contributed by atoms with Crippen LogP contribution in [0.2, 0.25) is 0 Å². The maximum absolute atomic E-state index is 15.3. The van der Waals surface area contributed by atoms with Gasteiger partial charge in [-0.3, -0.25) is 14.4 Å². The van der Waals surface area contributed by atoms with Gasteiger partial charge in [-0.05, 0) is 93.8 Å². The van der Waals surface area contributed by atoms with Crippen molar-refractivity contribution in [1.82, 2.24) is 14.9 Å². The van der Waals surface area contributed by atoms with E-state index < -0.39 is 34.9 Å². The smallest absolute Gasteiger partial charge is 0.410 e. The Hall–Kier alpha value is -7.12. The van der Waals surface area contributed by atoms with Crippen molar-refractivity contribution >= 4 is 28.9 Å². The van der Waals surface area contributed by atoms with Gasteiger partial charge in [0.1, 0.15) is 47.2 Å². The molecule has 13 nitrogen and oxygen atoms in total. The number of hydrogen-bond donors (Lipinski definition) is 0. The number of para-hydroxylation sites is 1. The number of ether oxygens (including phenoxy) is 6. The van der Waals surface area contributed by atoms with E-state index in [1.54, 1.807) is 72.2 Å². The Labute approximate surface area is 386 Å². The highest BCUT2D eigenvalue weighted by molar-refractivity contribution is 5.91. The zero-order valence-electron chi connectivity index (χ0n) is 38.6. The van der Waals surface area contributed by atoms with Gasteiger partial charge >= 0.3 is 12.1 Å². The predicted molar refractivity (Wildman–Crippen MR) is 250 cm³/mol. The van der Waals surface area contributed by atoms with E-state index in [-0.39, 0.29) is 45.9 Å². The molecule has 66 heavy (non-hydrogen) atoms. The molecule has 0 N–H and O–H groups in total. The number of rotatable bonds is 17. The fourth-order valence-electron chi connectivity index (χ4n) is 8.15. The van der Waals surface area contributed by atoms with Gasteiger partial charge in [-0.15, -0.1) is 0 Å². The number of pyridine rings is 1. The largest absolute Gasteiger partial charge is 0.497 e. The van der Waals surface area contributed by atoms with Crippen LogP contribution in [0.5, 0.6) is 23.0 Å². The zero-order valence-corrected chi connectivity index (χ0v) is 38.6. The maximum atomic E-state index is 15.3. The van der Waals surface area contributed by atoms with E-state index in [1.807, 2.05) is 91.0 Å². The van der Waals surface area contributed by atoms with E-state index in [2.05, 4.69) is 6.07 Å². The van der Waals surface area contributed by atoms with Gasteiger partial charge in [-0.1, -0.05) is 72.8 Å². The quantitative estimate of drug-likeness (QED) is 0.0640. The van der Waals surface area contributed by atoms with Crippen LogP contribution in [-0.4, -0.2) is 79.5 Å². The Morgan fingerprint density at radius 2 is 1.41 bits per heavy atom. The molecule has 7 rings (SSSR count). The fourth-order valence-corrected chi connectivity index (χ4v) is 8.15. The number of nitrogens with zero attached hydrogens (tertiary/aromatic N) is 3. The fraction of sp³-hybridized carbons (Fsp3) is 0.321. The summed E-state index contributed by atoms with van der Waals surface area (Å²) in [5.41, 5.74) is 3.42. The highest BCUT2D eigenvalue weighted by Gasteiger charge is 2.59. The third-order valence-electron chi connectivity index (χ3n) is 11.5. The molecule has 0 saturated carbocycles. The number of amides is 2. The summed E-state index contributed by atoms with van der Waals surface area (Å²) < 4.78 is 34.5. The summed E-state index contributed by atoms with van der Waals surface area (Å²) in [6.07, 6.45) is -0.605. The third-order valence-corrected chi connectivity index (χ3v) is 11.5. The van der Waals surface area contributed by atoms with E-state index in [4.69, 9.17) is 38.2 Å². The van der Waals surface area contributed by atoms with Crippen LogP contribution in [0, 0.1) is 11.3 Å². The summed E-state index contributed by atoms with van der Waals surface area (Å²) >= 11 is 0.